The molecule has 2 aromatic rings. The van der Waals surface area contributed by atoms with Crippen molar-refractivity contribution in [2.75, 3.05) is 26.0 Å². The molecule has 130 valence electrons. The SMILES string of the molecule is COCCNC(=O)CSc1nc2ccccc2c(=O)n1CC(C)C. The van der Waals surface area contributed by atoms with E-state index in [0.29, 0.717) is 41.7 Å². The van der Waals surface area contributed by atoms with Crippen molar-refractivity contribution >= 4 is 28.6 Å². The lowest BCUT2D eigenvalue weighted by Crippen LogP contribution is -2.29. The number of carbonyl (C=O) groups is 1. The van der Waals surface area contributed by atoms with Gasteiger partial charge < -0.3 is 10.1 Å². The van der Waals surface area contributed by atoms with Crippen molar-refractivity contribution in [3.63, 3.8) is 0 Å². The van der Waals surface area contributed by atoms with Crippen LogP contribution < -0.4 is 10.9 Å². The van der Waals surface area contributed by atoms with Crippen LogP contribution in [0.25, 0.3) is 10.9 Å². The molecule has 2 rings (SSSR count). The Hall–Kier alpha value is -1.86. The molecular formula is C17H23N3O3S. The van der Waals surface area contributed by atoms with Crippen LogP contribution in [0.4, 0.5) is 0 Å². The predicted molar refractivity (Wildman–Crippen MR) is 96.5 cm³/mol. The molecule has 24 heavy (non-hydrogen) atoms. The van der Waals surface area contributed by atoms with Crippen molar-refractivity contribution in [2.24, 2.45) is 5.92 Å². The van der Waals surface area contributed by atoms with E-state index in [1.807, 2.05) is 32.0 Å². The summed E-state index contributed by atoms with van der Waals surface area (Å²) in [6, 6.07) is 7.29. The number of methoxy groups -OCH3 is 1. The molecule has 0 aliphatic carbocycles. The summed E-state index contributed by atoms with van der Waals surface area (Å²) in [5.74, 6) is 0.420. The minimum absolute atomic E-state index is 0.0587. The summed E-state index contributed by atoms with van der Waals surface area (Å²) < 4.78 is 6.57. The maximum Gasteiger partial charge on any atom is 0.262 e. The molecule has 0 saturated carbocycles. The monoisotopic (exact) mass is 349 g/mol. The molecule has 0 bridgehead atoms. The Kier molecular flexibility index (Phi) is 6.81. The van der Waals surface area contributed by atoms with Crippen molar-refractivity contribution in [1.29, 1.82) is 0 Å². The first kappa shape index (κ1) is 18.5. The van der Waals surface area contributed by atoms with E-state index in [2.05, 4.69) is 10.3 Å². The van der Waals surface area contributed by atoms with Gasteiger partial charge >= 0.3 is 0 Å². The van der Waals surface area contributed by atoms with Crippen LogP contribution in [0.3, 0.4) is 0 Å². The minimum atomic E-state index is -0.101. The van der Waals surface area contributed by atoms with Gasteiger partial charge in [-0.05, 0) is 18.1 Å². The number of thioether (sulfide) groups is 1. The Balaban J connectivity index is 2.24. The summed E-state index contributed by atoms with van der Waals surface area (Å²) in [5.41, 5.74) is 0.599. The van der Waals surface area contributed by atoms with E-state index in [-0.39, 0.29) is 17.2 Å². The highest BCUT2D eigenvalue weighted by Crippen LogP contribution is 2.18. The molecule has 6 nitrogen and oxygen atoms in total. The van der Waals surface area contributed by atoms with Crippen molar-refractivity contribution < 1.29 is 9.53 Å². The third kappa shape index (κ3) is 4.82. The molecule has 0 fully saturated rings. The number of hydrogen-bond acceptors (Lipinski definition) is 5. The smallest absolute Gasteiger partial charge is 0.262 e. The summed E-state index contributed by atoms with van der Waals surface area (Å²) in [7, 11) is 1.59. The molecule has 0 aliphatic heterocycles. The van der Waals surface area contributed by atoms with Gasteiger partial charge in [-0.25, -0.2) is 4.98 Å². The average Bonchev–Trinajstić information content (AvgIpc) is 2.56. The third-order valence-electron chi connectivity index (χ3n) is 3.34. The molecule has 0 unspecified atom stereocenters. The van der Waals surface area contributed by atoms with Crippen LogP contribution in [0.2, 0.25) is 0 Å². The van der Waals surface area contributed by atoms with Crippen LogP contribution in [-0.4, -0.2) is 41.5 Å². The van der Waals surface area contributed by atoms with E-state index in [4.69, 9.17) is 4.74 Å². The predicted octanol–water partition coefficient (Wildman–Crippen LogP) is 1.91. The second-order valence-electron chi connectivity index (χ2n) is 5.85. The van der Waals surface area contributed by atoms with Crippen LogP contribution in [0.15, 0.2) is 34.2 Å². The normalized spacial score (nSPS) is 11.2. The molecule has 1 amide bonds. The van der Waals surface area contributed by atoms with Gasteiger partial charge in [0.2, 0.25) is 5.91 Å². The number of fused-ring (bicyclic) bond motifs is 1. The number of amides is 1. The number of ether oxygens (including phenoxy) is 1. The number of nitrogens with zero attached hydrogens (tertiary/aromatic N) is 2. The molecule has 1 heterocycles. The third-order valence-corrected chi connectivity index (χ3v) is 4.31. The van der Waals surface area contributed by atoms with Crippen molar-refractivity contribution in [2.45, 2.75) is 25.5 Å². The largest absolute Gasteiger partial charge is 0.383 e. The van der Waals surface area contributed by atoms with Gasteiger partial charge in [0.05, 0.1) is 23.3 Å². The standard InChI is InChI=1S/C17H23N3O3S/c1-12(2)10-20-16(22)13-6-4-5-7-14(13)19-17(20)24-11-15(21)18-8-9-23-3/h4-7,12H,8-11H2,1-3H3,(H,18,21). The van der Waals surface area contributed by atoms with Crippen LogP contribution in [-0.2, 0) is 16.1 Å². The lowest BCUT2D eigenvalue weighted by atomic mass is 10.2. The topological polar surface area (TPSA) is 73.2 Å². The van der Waals surface area contributed by atoms with E-state index in [1.165, 1.54) is 11.8 Å². The van der Waals surface area contributed by atoms with Gasteiger partial charge in [0.1, 0.15) is 0 Å². The maximum absolute atomic E-state index is 12.7. The zero-order valence-electron chi connectivity index (χ0n) is 14.2. The van der Waals surface area contributed by atoms with E-state index in [1.54, 1.807) is 17.7 Å². The second-order valence-corrected chi connectivity index (χ2v) is 6.80. The van der Waals surface area contributed by atoms with Crippen LogP contribution in [0, 0.1) is 5.92 Å². The summed E-state index contributed by atoms with van der Waals surface area (Å²) >= 11 is 1.28. The van der Waals surface area contributed by atoms with E-state index in [0.717, 1.165) is 0 Å². The Morgan fingerprint density at radius 2 is 2.12 bits per heavy atom. The molecule has 0 aliphatic rings. The van der Waals surface area contributed by atoms with Gasteiger partial charge in [-0.2, -0.15) is 0 Å². The lowest BCUT2D eigenvalue weighted by Gasteiger charge is -2.14. The molecule has 0 atom stereocenters. The van der Waals surface area contributed by atoms with Gasteiger partial charge in [0.15, 0.2) is 5.16 Å². The molecule has 0 saturated heterocycles. The molecule has 1 aromatic carbocycles. The van der Waals surface area contributed by atoms with Gasteiger partial charge in [-0.15, -0.1) is 0 Å². The zero-order valence-corrected chi connectivity index (χ0v) is 15.1. The first-order valence-electron chi connectivity index (χ1n) is 7.91. The number of para-hydroxylation sites is 1. The summed E-state index contributed by atoms with van der Waals surface area (Å²) in [5, 5.41) is 3.95. The molecular weight excluding hydrogens is 326 g/mol. The van der Waals surface area contributed by atoms with E-state index >= 15 is 0 Å². The molecule has 1 N–H and O–H groups in total. The van der Waals surface area contributed by atoms with Crippen LogP contribution in [0.5, 0.6) is 0 Å². The Morgan fingerprint density at radius 3 is 2.83 bits per heavy atom. The highest BCUT2D eigenvalue weighted by atomic mass is 32.2. The molecule has 1 aromatic heterocycles. The maximum atomic E-state index is 12.7. The molecule has 0 spiro atoms. The summed E-state index contributed by atoms with van der Waals surface area (Å²) in [6.45, 7) is 5.62. The molecule has 7 heteroatoms. The number of carbonyl (C=O) groups excluding carboxylic acids is 1. The summed E-state index contributed by atoms with van der Waals surface area (Å²) in [4.78, 5) is 29.2. The van der Waals surface area contributed by atoms with Crippen molar-refractivity contribution in [3.05, 3.63) is 34.6 Å². The molecule has 0 radical (unpaired) electrons. The van der Waals surface area contributed by atoms with E-state index in [9.17, 15) is 9.59 Å². The quantitative estimate of drug-likeness (QED) is 0.448. The number of aromatic nitrogens is 2. The Morgan fingerprint density at radius 1 is 1.38 bits per heavy atom. The first-order valence-corrected chi connectivity index (χ1v) is 8.89. The van der Waals surface area contributed by atoms with E-state index < -0.39 is 0 Å². The highest BCUT2D eigenvalue weighted by Gasteiger charge is 2.14. The highest BCUT2D eigenvalue weighted by molar-refractivity contribution is 7.99. The Bertz CT molecular complexity index is 758. The number of rotatable bonds is 8. The average molecular weight is 349 g/mol. The fourth-order valence-corrected chi connectivity index (χ4v) is 3.10. The number of benzene rings is 1. The second kappa shape index (κ2) is 8.84. The fourth-order valence-electron chi connectivity index (χ4n) is 2.26. The first-order chi connectivity index (χ1) is 11.5. The minimum Gasteiger partial charge on any atom is -0.383 e. The number of hydrogen-bond donors (Lipinski definition) is 1. The van der Waals surface area contributed by atoms with Crippen molar-refractivity contribution in [3.8, 4) is 0 Å². The van der Waals surface area contributed by atoms with Crippen molar-refractivity contribution in [1.82, 2.24) is 14.9 Å². The lowest BCUT2D eigenvalue weighted by molar-refractivity contribution is -0.118. The zero-order chi connectivity index (χ0) is 17.5. The van der Waals surface area contributed by atoms with Crippen LogP contribution in [0.1, 0.15) is 13.8 Å². The van der Waals surface area contributed by atoms with Gasteiger partial charge in [-0.1, -0.05) is 37.7 Å². The number of nitrogens with one attached hydrogen (secondary N) is 1. The summed E-state index contributed by atoms with van der Waals surface area (Å²) in [6.07, 6.45) is 0. The fraction of sp³-hybridized carbons (Fsp3) is 0.471. The van der Waals surface area contributed by atoms with Gasteiger partial charge in [0, 0.05) is 20.2 Å². The Labute approximate surface area is 145 Å². The van der Waals surface area contributed by atoms with Gasteiger partial charge in [-0.3, -0.25) is 14.2 Å². The van der Waals surface area contributed by atoms with Crippen LogP contribution >= 0.6 is 11.8 Å². The van der Waals surface area contributed by atoms with Gasteiger partial charge in [0.25, 0.3) is 5.56 Å².